The molecule has 1 aliphatic rings. The first kappa shape index (κ1) is 10.0. The maximum absolute atomic E-state index is 11.7. The molecule has 0 aromatic heterocycles. The molecule has 0 spiro atoms. The van der Waals surface area contributed by atoms with Crippen molar-refractivity contribution < 1.29 is 9.53 Å². The van der Waals surface area contributed by atoms with Crippen LogP contribution in [-0.2, 0) is 6.42 Å². The monoisotopic (exact) mass is 205 g/mol. The molecule has 1 aliphatic carbocycles. The van der Waals surface area contributed by atoms with Crippen LogP contribution in [0.25, 0.3) is 0 Å². The van der Waals surface area contributed by atoms with Gasteiger partial charge in [-0.2, -0.15) is 0 Å². The summed E-state index contributed by atoms with van der Waals surface area (Å²) in [5.74, 6) is 0.963. The van der Waals surface area contributed by atoms with E-state index in [9.17, 15) is 4.79 Å². The maximum Gasteiger partial charge on any atom is 0.165 e. The van der Waals surface area contributed by atoms with Crippen molar-refractivity contribution >= 4 is 11.5 Å². The van der Waals surface area contributed by atoms with E-state index in [4.69, 9.17) is 10.5 Å². The molecule has 0 saturated carbocycles. The van der Waals surface area contributed by atoms with Gasteiger partial charge in [0.05, 0.1) is 6.61 Å². The molecule has 1 aromatic rings. The predicted molar refractivity (Wildman–Crippen MR) is 59.3 cm³/mol. The number of carbonyl (C=O) groups is 1. The first-order valence-corrected chi connectivity index (χ1v) is 5.31. The van der Waals surface area contributed by atoms with Crippen LogP contribution in [0, 0.1) is 0 Å². The van der Waals surface area contributed by atoms with Gasteiger partial charge in [-0.1, -0.05) is 0 Å². The molecule has 0 bridgehead atoms. The molecule has 0 fully saturated rings. The van der Waals surface area contributed by atoms with Crippen molar-refractivity contribution in [2.24, 2.45) is 0 Å². The van der Waals surface area contributed by atoms with Crippen LogP contribution in [0.5, 0.6) is 5.75 Å². The molecule has 3 nitrogen and oxygen atoms in total. The Morgan fingerprint density at radius 1 is 1.40 bits per heavy atom. The van der Waals surface area contributed by atoms with E-state index in [-0.39, 0.29) is 5.78 Å². The average molecular weight is 205 g/mol. The zero-order valence-electron chi connectivity index (χ0n) is 8.88. The van der Waals surface area contributed by atoms with E-state index in [0.717, 1.165) is 24.2 Å². The summed E-state index contributed by atoms with van der Waals surface area (Å²) in [5.41, 5.74) is 8.08. The van der Waals surface area contributed by atoms with Crippen LogP contribution in [0.1, 0.15) is 35.7 Å². The number of benzene rings is 1. The number of rotatable bonds is 2. The molecule has 80 valence electrons. The van der Waals surface area contributed by atoms with Crippen molar-refractivity contribution in [3.63, 3.8) is 0 Å². The highest BCUT2D eigenvalue weighted by molar-refractivity contribution is 6.03. The molecule has 0 aliphatic heterocycles. The Balaban J connectivity index is 2.53. The molecule has 0 amide bonds. The summed E-state index contributed by atoms with van der Waals surface area (Å²) in [6.07, 6.45) is 2.39. The van der Waals surface area contributed by atoms with E-state index in [0.29, 0.717) is 24.3 Å². The number of hydrogen-bond acceptors (Lipinski definition) is 3. The van der Waals surface area contributed by atoms with Crippen LogP contribution in [-0.4, -0.2) is 12.4 Å². The topological polar surface area (TPSA) is 52.3 Å². The van der Waals surface area contributed by atoms with E-state index in [1.807, 2.05) is 13.0 Å². The van der Waals surface area contributed by atoms with Gasteiger partial charge in [-0.25, -0.2) is 0 Å². The van der Waals surface area contributed by atoms with Crippen molar-refractivity contribution in [3.8, 4) is 5.75 Å². The van der Waals surface area contributed by atoms with E-state index < -0.39 is 0 Å². The highest BCUT2D eigenvalue weighted by Gasteiger charge is 2.22. The fourth-order valence-electron chi connectivity index (χ4n) is 2.07. The Kier molecular flexibility index (Phi) is 2.62. The molecule has 3 heteroatoms. The molecule has 0 unspecified atom stereocenters. The lowest BCUT2D eigenvalue weighted by molar-refractivity contribution is 0.0972. The molecular weight excluding hydrogens is 190 g/mol. The second kappa shape index (κ2) is 3.93. The van der Waals surface area contributed by atoms with Gasteiger partial charge in [0.2, 0.25) is 0 Å². The van der Waals surface area contributed by atoms with Crippen LogP contribution in [0.3, 0.4) is 0 Å². The Labute approximate surface area is 89.2 Å². The molecule has 0 radical (unpaired) electrons. The summed E-state index contributed by atoms with van der Waals surface area (Å²) in [4.78, 5) is 11.7. The third-order valence-corrected chi connectivity index (χ3v) is 2.71. The molecule has 2 rings (SSSR count). The zero-order valence-corrected chi connectivity index (χ0v) is 8.88. The second-order valence-electron chi connectivity index (χ2n) is 3.72. The minimum absolute atomic E-state index is 0.148. The molecule has 1 aromatic carbocycles. The Morgan fingerprint density at radius 2 is 2.20 bits per heavy atom. The van der Waals surface area contributed by atoms with Crippen molar-refractivity contribution in [3.05, 3.63) is 23.3 Å². The third kappa shape index (κ3) is 1.69. The van der Waals surface area contributed by atoms with E-state index >= 15 is 0 Å². The van der Waals surface area contributed by atoms with Gasteiger partial charge in [-0.05, 0) is 31.9 Å². The smallest absolute Gasteiger partial charge is 0.165 e. The van der Waals surface area contributed by atoms with E-state index in [1.54, 1.807) is 6.07 Å². The Hall–Kier alpha value is -1.51. The van der Waals surface area contributed by atoms with Crippen molar-refractivity contribution in [1.29, 1.82) is 0 Å². The van der Waals surface area contributed by atoms with Crippen LogP contribution in [0.2, 0.25) is 0 Å². The first-order valence-electron chi connectivity index (χ1n) is 5.31. The second-order valence-corrected chi connectivity index (χ2v) is 3.72. The number of Topliss-reactive ketones (excluding diaryl/α,β-unsaturated/α-hetero) is 1. The van der Waals surface area contributed by atoms with Gasteiger partial charge in [0, 0.05) is 23.2 Å². The molecule has 0 atom stereocenters. The quantitative estimate of drug-likeness (QED) is 0.753. The van der Waals surface area contributed by atoms with Crippen LogP contribution in [0.15, 0.2) is 12.1 Å². The van der Waals surface area contributed by atoms with Crippen molar-refractivity contribution in [2.75, 3.05) is 12.3 Å². The van der Waals surface area contributed by atoms with E-state index in [1.165, 1.54) is 0 Å². The number of ketones is 1. The Bertz CT molecular complexity index is 399. The fraction of sp³-hybridized carbons (Fsp3) is 0.417. The normalized spacial score (nSPS) is 14.9. The fourth-order valence-corrected chi connectivity index (χ4v) is 2.07. The maximum atomic E-state index is 11.7. The molecule has 0 heterocycles. The SMILES string of the molecule is CCOc1ccc(N)c2c1CCCC2=O. The lowest BCUT2D eigenvalue weighted by Gasteiger charge is -2.19. The lowest BCUT2D eigenvalue weighted by Crippen LogP contribution is -2.15. The number of carbonyl (C=O) groups excluding carboxylic acids is 1. The first-order chi connectivity index (χ1) is 7.24. The van der Waals surface area contributed by atoms with Gasteiger partial charge >= 0.3 is 0 Å². The number of nitrogen functional groups attached to an aromatic ring is 1. The van der Waals surface area contributed by atoms with Crippen LogP contribution in [0.4, 0.5) is 5.69 Å². The predicted octanol–water partition coefficient (Wildman–Crippen LogP) is 2.19. The molecule has 0 saturated heterocycles. The molecule has 15 heavy (non-hydrogen) atoms. The number of fused-ring (bicyclic) bond motifs is 1. The minimum atomic E-state index is 0.148. The summed E-state index contributed by atoms with van der Waals surface area (Å²) in [7, 11) is 0. The summed E-state index contributed by atoms with van der Waals surface area (Å²) in [6, 6.07) is 3.61. The van der Waals surface area contributed by atoms with Crippen molar-refractivity contribution in [2.45, 2.75) is 26.2 Å². The number of anilines is 1. The van der Waals surface area contributed by atoms with Crippen molar-refractivity contribution in [1.82, 2.24) is 0 Å². The molecular formula is C12H15NO2. The standard InChI is InChI=1S/C12H15NO2/c1-2-15-11-7-6-9(13)12-8(11)4-3-5-10(12)14/h6-7H,2-5,13H2,1H3. The van der Waals surface area contributed by atoms with Gasteiger partial charge < -0.3 is 10.5 Å². The highest BCUT2D eigenvalue weighted by atomic mass is 16.5. The molecule has 2 N–H and O–H groups in total. The van der Waals surface area contributed by atoms with E-state index in [2.05, 4.69) is 0 Å². The third-order valence-electron chi connectivity index (χ3n) is 2.71. The average Bonchev–Trinajstić information content (AvgIpc) is 2.22. The Morgan fingerprint density at radius 3 is 2.93 bits per heavy atom. The van der Waals surface area contributed by atoms with Gasteiger partial charge in [0.1, 0.15) is 5.75 Å². The number of nitrogens with two attached hydrogens (primary N) is 1. The largest absolute Gasteiger partial charge is 0.494 e. The van der Waals surface area contributed by atoms with Crippen LogP contribution < -0.4 is 10.5 Å². The van der Waals surface area contributed by atoms with Gasteiger partial charge in [0.15, 0.2) is 5.78 Å². The highest BCUT2D eigenvalue weighted by Crippen LogP contribution is 2.33. The minimum Gasteiger partial charge on any atom is -0.494 e. The lowest BCUT2D eigenvalue weighted by atomic mass is 9.89. The summed E-state index contributed by atoms with van der Waals surface area (Å²) in [6.45, 7) is 2.55. The summed E-state index contributed by atoms with van der Waals surface area (Å²) >= 11 is 0. The number of ether oxygens (including phenoxy) is 1. The number of hydrogen-bond donors (Lipinski definition) is 1. The van der Waals surface area contributed by atoms with Gasteiger partial charge in [-0.3, -0.25) is 4.79 Å². The summed E-state index contributed by atoms with van der Waals surface area (Å²) < 4.78 is 5.50. The van der Waals surface area contributed by atoms with Gasteiger partial charge in [-0.15, -0.1) is 0 Å². The summed E-state index contributed by atoms with van der Waals surface area (Å²) in [5, 5.41) is 0. The van der Waals surface area contributed by atoms with Gasteiger partial charge in [0.25, 0.3) is 0 Å². The van der Waals surface area contributed by atoms with Crippen LogP contribution >= 0.6 is 0 Å². The zero-order chi connectivity index (χ0) is 10.8.